The molecule has 2 N–H and O–H groups in total. The largest absolute Gasteiger partial charge is 0.496 e. The molecule has 0 bridgehead atoms. The van der Waals surface area contributed by atoms with E-state index in [-0.39, 0.29) is 10.5 Å². The minimum absolute atomic E-state index is 0.0197. The zero-order chi connectivity index (χ0) is 20.9. The van der Waals surface area contributed by atoms with Crippen LogP contribution in [0.2, 0.25) is 0 Å². The Labute approximate surface area is 170 Å². The highest BCUT2D eigenvalue weighted by Gasteiger charge is 2.24. The summed E-state index contributed by atoms with van der Waals surface area (Å²) in [5, 5.41) is 2.49. The van der Waals surface area contributed by atoms with Gasteiger partial charge in [0.05, 0.1) is 23.6 Å². The Hall–Kier alpha value is -3.16. The molecule has 1 amide bonds. The molecular formula is C22H22N2O4S. The molecule has 7 heteroatoms. The topological polar surface area (TPSA) is 84.5 Å². The third-order valence-corrected chi connectivity index (χ3v) is 5.91. The van der Waals surface area contributed by atoms with E-state index in [0.29, 0.717) is 5.75 Å². The Balaban J connectivity index is 2.03. The number of ether oxygens (including phenoxy) is 1. The first-order chi connectivity index (χ1) is 14.0. The van der Waals surface area contributed by atoms with Crippen LogP contribution in [0.25, 0.3) is 0 Å². The molecule has 0 spiro atoms. The summed E-state index contributed by atoms with van der Waals surface area (Å²) in [7, 11) is -1.03. The van der Waals surface area contributed by atoms with Crippen molar-refractivity contribution in [3.8, 4) is 5.75 Å². The number of benzene rings is 3. The first-order valence-electron chi connectivity index (χ1n) is 8.98. The number of hydrogen-bond donors (Lipinski definition) is 2. The molecule has 0 aliphatic rings. The van der Waals surface area contributed by atoms with Gasteiger partial charge in [-0.05, 0) is 29.3 Å². The molecule has 6 nitrogen and oxygen atoms in total. The van der Waals surface area contributed by atoms with Crippen molar-refractivity contribution < 1.29 is 17.9 Å². The molecule has 3 aromatic carbocycles. The van der Waals surface area contributed by atoms with Crippen LogP contribution in [0.5, 0.6) is 5.75 Å². The number of hydrogen-bond acceptors (Lipinski definition) is 4. The summed E-state index contributed by atoms with van der Waals surface area (Å²) in [5.41, 5.74) is 1.76. The fourth-order valence-corrected chi connectivity index (χ4v) is 4.25. The van der Waals surface area contributed by atoms with E-state index in [1.54, 1.807) is 0 Å². The van der Waals surface area contributed by atoms with Crippen LogP contribution in [0, 0.1) is 0 Å². The Kier molecular flexibility index (Phi) is 6.31. The van der Waals surface area contributed by atoms with Crippen LogP contribution in [0.15, 0.2) is 83.8 Å². The van der Waals surface area contributed by atoms with Crippen molar-refractivity contribution in [3.63, 3.8) is 0 Å². The lowest BCUT2D eigenvalue weighted by Crippen LogP contribution is -2.30. The van der Waals surface area contributed by atoms with Crippen molar-refractivity contribution in [2.24, 2.45) is 0 Å². The van der Waals surface area contributed by atoms with Crippen LogP contribution < -0.4 is 14.8 Å². The van der Waals surface area contributed by atoms with E-state index in [2.05, 4.69) is 10.0 Å². The molecule has 0 aliphatic carbocycles. The SMILES string of the molecule is CNC(=O)c1cc(S(=O)(=O)NC(c2ccccc2)c2ccccc2)ccc1OC. The van der Waals surface area contributed by atoms with E-state index < -0.39 is 22.0 Å². The summed E-state index contributed by atoms with van der Waals surface area (Å²) in [6.45, 7) is 0. The molecule has 0 heterocycles. The third kappa shape index (κ3) is 4.64. The van der Waals surface area contributed by atoms with Crippen LogP contribution in [-0.2, 0) is 10.0 Å². The van der Waals surface area contributed by atoms with Gasteiger partial charge in [-0.25, -0.2) is 8.42 Å². The van der Waals surface area contributed by atoms with Crippen molar-refractivity contribution >= 4 is 15.9 Å². The number of amides is 1. The molecule has 0 atom stereocenters. The van der Waals surface area contributed by atoms with Gasteiger partial charge in [0, 0.05) is 7.05 Å². The van der Waals surface area contributed by atoms with Crippen molar-refractivity contribution in [3.05, 3.63) is 95.6 Å². The van der Waals surface area contributed by atoms with Crippen molar-refractivity contribution in [2.75, 3.05) is 14.2 Å². The fraction of sp³-hybridized carbons (Fsp3) is 0.136. The average molecular weight is 410 g/mol. The smallest absolute Gasteiger partial charge is 0.254 e. The van der Waals surface area contributed by atoms with Crippen LogP contribution in [0.3, 0.4) is 0 Å². The zero-order valence-electron chi connectivity index (χ0n) is 16.1. The monoisotopic (exact) mass is 410 g/mol. The Bertz CT molecular complexity index is 1040. The Morgan fingerprint density at radius 1 is 0.897 bits per heavy atom. The second kappa shape index (κ2) is 8.89. The minimum atomic E-state index is -3.93. The van der Waals surface area contributed by atoms with Crippen LogP contribution >= 0.6 is 0 Å². The van der Waals surface area contributed by atoms with E-state index in [4.69, 9.17) is 4.74 Å². The number of carbonyl (C=O) groups is 1. The van der Waals surface area contributed by atoms with Gasteiger partial charge in [-0.15, -0.1) is 0 Å². The summed E-state index contributed by atoms with van der Waals surface area (Å²) in [5.74, 6) is -0.132. The molecule has 0 radical (unpaired) electrons. The lowest BCUT2D eigenvalue weighted by atomic mass is 10.00. The number of sulfonamides is 1. The molecule has 0 aromatic heterocycles. The predicted molar refractivity (Wildman–Crippen MR) is 111 cm³/mol. The molecule has 29 heavy (non-hydrogen) atoms. The van der Waals surface area contributed by atoms with Gasteiger partial charge in [0.25, 0.3) is 5.91 Å². The lowest BCUT2D eigenvalue weighted by Gasteiger charge is -2.20. The van der Waals surface area contributed by atoms with E-state index >= 15 is 0 Å². The van der Waals surface area contributed by atoms with Gasteiger partial charge < -0.3 is 10.1 Å². The summed E-state index contributed by atoms with van der Waals surface area (Å²) in [4.78, 5) is 12.1. The first-order valence-corrected chi connectivity index (χ1v) is 10.5. The molecule has 0 aliphatic heterocycles. The van der Waals surface area contributed by atoms with E-state index in [1.807, 2.05) is 60.7 Å². The van der Waals surface area contributed by atoms with Gasteiger partial charge in [-0.2, -0.15) is 4.72 Å². The average Bonchev–Trinajstić information content (AvgIpc) is 2.77. The number of rotatable bonds is 7. The van der Waals surface area contributed by atoms with Crippen LogP contribution in [-0.4, -0.2) is 28.5 Å². The fourth-order valence-electron chi connectivity index (χ4n) is 3.01. The second-order valence-corrected chi connectivity index (χ2v) is 8.03. The summed E-state index contributed by atoms with van der Waals surface area (Å²) >= 11 is 0. The molecule has 0 saturated heterocycles. The number of carbonyl (C=O) groups excluding carboxylic acids is 1. The Morgan fingerprint density at radius 3 is 1.93 bits per heavy atom. The molecule has 150 valence electrons. The molecule has 3 rings (SSSR count). The van der Waals surface area contributed by atoms with E-state index in [1.165, 1.54) is 32.4 Å². The standard InChI is InChI=1S/C22H22N2O4S/c1-23-22(25)19-15-18(13-14-20(19)28-2)29(26,27)24-21(16-9-5-3-6-10-16)17-11-7-4-8-12-17/h3-15,21,24H,1-2H3,(H,23,25). The van der Waals surface area contributed by atoms with Gasteiger partial charge in [0.1, 0.15) is 5.75 Å². The molecule has 0 unspecified atom stereocenters. The lowest BCUT2D eigenvalue weighted by molar-refractivity contribution is 0.0960. The van der Waals surface area contributed by atoms with Crippen molar-refractivity contribution in [1.82, 2.24) is 10.0 Å². The minimum Gasteiger partial charge on any atom is -0.496 e. The van der Waals surface area contributed by atoms with Crippen molar-refractivity contribution in [2.45, 2.75) is 10.9 Å². The molecule has 0 fully saturated rings. The van der Waals surface area contributed by atoms with Gasteiger partial charge >= 0.3 is 0 Å². The van der Waals surface area contributed by atoms with Crippen LogP contribution in [0.4, 0.5) is 0 Å². The maximum absolute atomic E-state index is 13.2. The summed E-state index contributed by atoms with van der Waals surface area (Å²) in [6.07, 6.45) is 0. The summed E-state index contributed by atoms with van der Waals surface area (Å²) in [6, 6.07) is 22.3. The maximum Gasteiger partial charge on any atom is 0.254 e. The van der Waals surface area contributed by atoms with Crippen LogP contribution in [0.1, 0.15) is 27.5 Å². The second-order valence-electron chi connectivity index (χ2n) is 6.32. The number of methoxy groups -OCH3 is 1. The Morgan fingerprint density at radius 2 is 1.45 bits per heavy atom. The highest BCUT2D eigenvalue weighted by Crippen LogP contribution is 2.27. The van der Waals surface area contributed by atoms with E-state index in [9.17, 15) is 13.2 Å². The van der Waals surface area contributed by atoms with Gasteiger partial charge in [-0.3, -0.25) is 4.79 Å². The molecular weight excluding hydrogens is 388 g/mol. The maximum atomic E-state index is 13.2. The first kappa shape index (κ1) is 20.6. The van der Waals surface area contributed by atoms with Gasteiger partial charge in [0.15, 0.2) is 0 Å². The van der Waals surface area contributed by atoms with Gasteiger partial charge in [-0.1, -0.05) is 60.7 Å². The summed E-state index contributed by atoms with van der Waals surface area (Å²) < 4.78 is 34.3. The van der Waals surface area contributed by atoms with Gasteiger partial charge in [0.2, 0.25) is 10.0 Å². The van der Waals surface area contributed by atoms with E-state index in [0.717, 1.165) is 11.1 Å². The highest BCUT2D eigenvalue weighted by atomic mass is 32.2. The normalized spacial score (nSPS) is 11.3. The molecule has 0 saturated carbocycles. The number of nitrogens with one attached hydrogen (secondary N) is 2. The zero-order valence-corrected chi connectivity index (χ0v) is 16.9. The quantitative estimate of drug-likeness (QED) is 0.627. The third-order valence-electron chi connectivity index (χ3n) is 4.49. The highest BCUT2D eigenvalue weighted by molar-refractivity contribution is 7.89. The molecule has 3 aromatic rings. The van der Waals surface area contributed by atoms with Crippen molar-refractivity contribution in [1.29, 1.82) is 0 Å². The predicted octanol–water partition coefficient (Wildman–Crippen LogP) is 3.12.